The first-order valence-corrected chi connectivity index (χ1v) is 9.40. The second-order valence-corrected chi connectivity index (χ2v) is 7.45. The molecule has 0 aliphatic carbocycles. The van der Waals surface area contributed by atoms with E-state index in [0.717, 1.165) is 35.9 Å². The van der Waals surface area contributed by atoms with Crippen LogP contribution in [0.2, 0.25) is 0 Å². The van der Waals surface area contributed by atoms with Crippen molar-refractivity contribution < 1.29 is 27.0 Å². The van der Waals surface area contributed by atoms with Gasteiger partial charge in [-0.3, -0.25) is 0 Å². The minimum Gasteiger partial charge on any atom is -0.347 e. The van der Waals surface area contributed by atoms with Crippen LogP contribution >= 0.6 is 12.6 Å². The molecule has 1 fully saturated rings. The first-order valence-electron chi connectivity index (χ1n) is 8.88. The number of ether oxygens (including phenoxy) is 2. The van der Waals surface area contributed by atoms with E-state index in [0.29, 0.717) is 24.3 Å². The normalized spacial score (nSPS) is 19.3. The van der Waals surface area contributed by atoms with Crippen molar-refractivity contribution in [2.75, 3.05) is 13.2 Å². The minimum atomic E-state index is -1.17. The standard InChI is InChI=1S/C22H16F4O2S/c23-17-6-5-14(7-18(17)24)21-19(25)8-15(9-20(21)26)12-1-3-13(4-2-12)22-27-10-16(29)11-28-22/h1-9,16,22,29H,10-11H2. The molecule has 2 nitrogen and oxygen atoms in total. The number of thiol groups is 1. The van der Waals surface area contributed by atoms with Gasteiger partial charge in [0.1, 0.15) is 11.6 Å². The summed E-state index contributed by atoms with van der Waals surface area (Å²) in [6.45, 7) is 0.939. The van der Waals surface area contributed by atoms with Crippen molar-refractivity contribution in [3.05, 3.63) is 83.4 Å². The van der Waals surface area contributed by atoms with Gasteiger partial charge in [0.2, 0.25) is 0 Å². The van der Waals surface area contributed by atoms with E-state index in [2.05, 4.69) is 12.6 Å². The first-order chi connectivity index (χ1) is 13.9. The van der Waals surface area contributed by atoms with Crippen molar-refractivity contribution in [2.24, 2.45) is 0 Å². The minimum absolute atomic E-state index is 0.0320. The van der Waals surface area contributed by atoms with Crippen LogP contribution in [-0.4, -0.2) is 18.5 Å². The molecule has 0 spiro atoms. The summed E-state index contributed by atoms with van der Waals surface area (Å²) in [6, 6.07) is 12.0. The van der Waals surface area contributed by atoms with Crippen LogP contribution in [-0.2, 0) is 9.47 Å². The maximum absolute atomic E-state index is 14.6. The molecule has 3 aromatic rings. The fraction of sp³-hybridized carbons (Fsp3) is 0.182. The molecule has 29 heavy (non-hydrogen) atoms. The van der Waals surface area contributed by atoms with E-state index in [-0.39, 0.29) is 10.8 Å². The van der Waals surface area contributed by atoms with Gasteiger partial charge in [-0.2, -0.15) is 12.6 Å². The van der Waals surface area contributed by atoms with Crippen molar-refractivity contribution in [3.63, 3.8) is 0 Å². The van der Waals surface area contributed by atoms with E-state index >= 15 is 0 Å². The van der Waals surface area contributed by atoms with Crippen LogP contribution in [0.5, 0.6) is 0 Å². The van der Waals surface area contributed by atoms with E-state index in [9.17, 15) is 17.6 Å². The highest BCUT2D eigenvalue weighted by Gasteiger charge is 2.21. The average molecular weight is 420 g/mol. The van der Waals surface area contributed by atoms with E-state index in [1.54, 1.807) is 24.3 Å². The Bertz CT molecular complexity index is 1010. The summed E-state index contributed by atoms with van der Waals surface area (Å²) in [5.74, 6) is -3.98. The van der Waals surface area contributed by atoms with E-state index < -0.39 is 35.1 Å². The number of hydrogen-bond donors (Lipinski definition) is 1. The summed E-state index contributed by atoms with van der Waals surface area (Å²) in [5.41, 5.74) is 1.21. The van der Waals surface area contributed by atoms with Crippen molar-refractivity contribution >= 4 is 12.6 Å². The van der Waals surface area contributed by atoms with Gasteiger partial charge in [-0.05, 0) is 41.0 Å². The molecule has 0 N–H and O–H groups in total. The van der Waals surface area contributed by atoms with Crippen molar-refractivity contribution in [2.45, 2.75) is 11.5 Å². The summed E-state index contributed by atoms with van der Waals surface area (Å²) in [5, 5.41) is 0.0320. The van der Waals surface area contributed by atoms with E-state index in [4.69, 9.17) is 9.47 Å². The Morgan fingerprint density at radius 2 is 1.21 bits per heavy atom. The van der Waals surface area contributed by atoms with Crippen LogP contribution in [0.1, 0.15) is 11.9 Å². The third-order valence-electron chi connectivity index (χ3n) is 4.65. The molecule has 3 aromatic carbocycles. The van der Waals surface area contributed by atoms with Gasteiger partial charge in [0.15, 0.2) is 17.9 Å². The zero-order valence-electron chi connectivity index (χ0n) is 15.0. The highest BCUT2D eigenvalue weighted by Crippen LogP contribution is 2.33. The zero-order chi connectivity index (χ0) is 20.5. The molecule has 150 valence electrons. The van der Waals surface area contributed by atoms with Gasteiger partial charge in [0.05, 0.1) is 18.8 Å². The summed E-state index contributed by atoms with van der Waals surface area (Å²) in [7, 11) is 0. The van der Waals surface area contributed by atoms with Crippen LogP contribution in [0.3, 0.4) is 0 Å². The number of halogens is 4. The molecule has 0 unspecified atom stereocenters. The first kappa shape index (κ1) is 19.9. The van der Waals surface area contributed by atoms with Crippen LogP contribution in [0.4, 0.5) is 17.6 Å². The Hall–Kier alpha value is -2.35. The highest BCUT2D eigenvalue weighted by molar-refractivity contribution is 7.81. The molecule has 0 amide bonds. The van der Waals surface area contributed by atoms with Crippen LogP contribution < -0.4 is 0 Å². The Kier molecular flexibility index (Phi) is 5.63. The summed E-state index contributed by atoms with van der Waals surface area (Å²) >= 11 is 4.28. The lowest BCUT2D eigenvalue weighted by Crippen LogP contribution is -2.27. The Morgan fingerprint density at radius 1 is 0.655 bits per heavy atom. The monoisotopic (exact) mass is 420 g/mol. The van der Waals surface area contributed by atoms with E-state index in [1.165, 1.54) is 0 Å². The lowest BCUT2D eigenvalue weighted by atomic mass is 9.98. The van der Waals surface area contributed by atoms with Gasteiger partial charge in [0.25, 0.3) is 0 Å². The van der Waals surface area contributed by atoms with Gasteiger partial charge in [-0.15, -0.1) is 0 Å². The molecule has 1 aliphatic heterocycles. The molecule has 1 saturated heterocycles. The van der Waals surface area contributed by atoms with Crippen LogP contribution in [0.15, 0.2) is 54.6 Å². The van der Waals surface area contributed by atoms with Crippen LogP contribution in [0.25, 0.3) is 22.3 Å². The van der Waals surface area contributed by atoms with Gasteiger partial charge in [0, 0.05) is 10.8 Å². The smallest absolute Gasteiger partial charge is 0.183 e. The lowest BCUT2D eigenvalue weighted by Gasteiger charge is -2.27. The Morgan fingerprint density at radius 3 is 1.79 bits per heavy atom. The third-order valence-corrected chi connectivity index (χ3v) is 4.94. The molecule has 0 aromatic heterocycles. The fourth-order valence-electron chi connectivity index (χ4n) is 3.19. The molecule has 4 rings (SSSR count). The molecule has 1 heterocycles. The lowest BCUT2D eigenvalue weighted by molar-refractivity contribution is -0.179. The predicted molar refractivity (Wildman–Crippen MR) is 105 cm³/mol. The van der Waals surface area contributed by atoms with Crippen molar-refractivity contribution in [1.82, 2.24) is 0 Å². The van der Waals surface area contributed by atoms with Gasteiger partial charge in [-0.1, -0.05) is 30.3 Å². The number of hydrogen-bond acceptors (Lipinski definition) is 3. The van der Waals surface area contributed by atoms with Crippen molar-refractivity contribution in [3.8, 4) is 22.3 Å². The number of rotatable bonds is 3. The largest absolute Gasteiger partial charge is 0.347 e. The summed E-state index contributed by atoms with van der Waals surface area (Å²) < 4.78 is 66.9. The van der Waals surface area contributed by atoms with Gasteiger partial charge in [-0.25, -0.2) is 17.6 Å². The Balaban J connectivity index is 1.61. The highest BCUT2D eigenvalue weighted by atomic mass is 32.1. The zero-order valence-corrected chi connectivity index (χ0v) is 15.9. The molecule has 0 bridgehead atoms. The molecule has 1 aliphatic rings. The van der Waals surface area contributed by atoms with Crippen LogP contribution in [0, 0.1) is 23.3 Å². The second-order valence-electron chi connectivity index (χ2n) is 6.72. The molecular weight excluding hydrogens is 404 g/mol. The third kappa shape index (κ3) is 4.17. The molecular formula is C22H16F4O2S. The SMILES string of the molecule is Fc1ccc(-c2c(F)cc(-c3ccc(C4OCC(S)CO4)cc3)cc2F)cc1F. The average Bonchev–Trinajstić information content (AvgIpc) is 2.71. The van der Waals surface area contributed by atoms with Crippen molar-refractivity contribution in [1.29, 1.82) is 0 Å². The quantitative estimate of drug-likeness (QED) is 0.419. The topological polar surface area (TPSA) is 18.5 Å². The number of benzene rings is 3. The van der Waals surface area contributed by atoms with Gasteiger partial charge < -0.3 is 9.47 Å². The fourth-order valence-corrected chi connectivity index (χ4v) is 3.36. The molecule has 0 atom stereocenters. The molecule has 7 heteroatoms. The molecule has 0 saturated carbocycles. The summed E-state index contributed by atoms with van der Waals surface area (Å²) in [6.07, 6.45) is -0.503. The second kappa shape index (κ2) is 8.18. The molecule has 0 radical (unpaired) electrons. The predicted octanol–water partition coefficient (Wildman–Crippen LogP) is 5.92. The maximum atomic E-state index is 14.6. The maximum Gasteiger partial charge on any atom is 0.183 e. The van der Waals surface area contributed by atoms with E-state index in [1.807, 2.05) is 0 Å². The van der Waals surface area contributed by atoms with Gasteiger partial charge >= 0.3 is 0 Å². The Labute approximate surface area is 170 Å². The summed E-state index contributed by atoms with van der Waals surface area (Å²) in [4.78, 5) is 0.